The van der Waals surface area contributed by atoms with E-state index in [0.29, 0.717) is 12.1 Å². The van der Waals surface area contributed by atoms with Crippen LogP contribution in [0.3, 0.4) is 0 Å². The van der Waals surface area contributed by atoms with Crippen molar-refractivity contribution in [2.24, 2.45) is 0 Å². The lowest BCUT2D eigenvalue weighted by Gasteiger charge is -2.34. The predicted molar refractivity (Wildman–Crippen MR) is 94.6 cm³/mol. The van der Waals surface area contributed by atoms with Crippen molar-refractivity contribution in [3.63, 3.8) is 0 Å². The van der Waals surface area contributed by atoms with Crippen LogP contribution in [0.15, 0.2) is 48.5 Å². The van der Waals surface area contributed by atoms with Gasteiger partial charge in [0, 0.05) is 13.1 Å². The van der Waals surface area contributed by atoms with E-state index in [1.807, 2.05) is 31.2 Å². The lowest BCUT2D eigenvalue weighted by molar-refractivity contribution is -0.155. The normalized spacial score (nSPS) is 17.2. The van der Waals surface area contributed by atoms with Crippen LogP contribution < -0.4 is 5.32 Å². The Morgan fingerprint density at radius 1 is 1.23 bits per heavy atom. The Balaban J connectivity index is 1.67. The zero-order valence-corrected chi connectivity index (χ0v) is 14.6. The molecular weight excluding hydrogens is 335 g/mol. The van der Waals surface area contributed by atoms with Gasteiger partial charge in [0.1, 0.15) is 18.5 Å². The number of halogens is 1. The van der Waals surface area contributed by atoms with Crippen molar-refractivity contribution in [2.75, 3.05) is 13.2 Å². The molecule has 1 aliphatic rings. The van der Waals surface area contributed by atoms with Crippen molar-refractivity contribution >= 4 is 11.8 Å². The monoisotopic (exact) mass is 356 g/mol. The second-order valence-electron chi connectivity index (χ2n) is 6.39. The Bertz CT molecular complexity index is 792. The third kappa shape index (κ3) is 4.46. The number of carbonyl (C=O) groups is 2. The van der Waals surface area contributed by atoms with Gasteiger partial charge in [-0.3, -0.25) is 9.59 Å². The number of nitrogens with zero attached hydrogens (tertiary/aromatic N) is 1. The number of rotatable bonds is 5. The fraction of sp³-hybridized carbons (Fsp3) is 0.300. The first-order valence-corrected chi connectivity index (χ1v) is 8.48. The molecule has 1 atom stereocenters. The highest BCUT2D eigenvalue weighted by Crippen LogP contribution is 2.15. The number of benzene rings is 2. The van der Waals surface area contributed by atoms with E-state index in [4.69, 9.17) is 4.74 Å². The molecule has 1 fully saturated rings. The molecule has 0 bridgehead atoms. The van der Waals surface area contributed by atoms with Crippen molar-refractivity contribution in [3.8, 4) is 0 Å². The topological polar surface area (TPSA) is 58.6 Å². The first-order valence-electron chi connectivity index (χ1n) is 8.48. The molecule has 0 radical (unpaired) electrons. The van der Waals surface area contributed by atoms with E-state index in [-0.39, 0.29) is 37.4 Å². The summed E-state index contributed by atoms with van der Waals surface area (Å²) in [5.41, 5.74) is 2.74. The smallest absolute Gasteiger partial charge is 0.249 e. The molecule has 0 aromatic heterocycles. The molecule has 2 aromatic rings. The summed E-state index contributed by atoms with van der Waals surface area (Å²) >= 11 is 0. The second kappa shape index (κ2) is 8.10. The van der Waals surface area contributed by atoms with Gasteiger partial charge >= 0.3 is 0 Å². The predicted octanol–water partition coefficient (Wildman–Crippen LogP) is 2.18. The quantitative estimate of drug-likeness (QED) is 0.893. The summed E-state index contributed by atoms with van der Waals surface area (Å²) in [5.74, 6) is -0.883. The Morgan fingerprint density at radius 3 is 2.73 bits per heavy atom. The molecule has 3 rings (SSSR count). The molecule has 2 amide bonds. The highest BCUT2D eigenvalue weighted by Gasteiger charge is 2.33. The van der Waals surface area contributed by atoms with E-state index in [1.165, 1.54) is 17.0 Å². The summed E-state index contributed by atoms with van der Waals surface area (Å²) in [6, 6.07) is 13.2. The molecule has 26 heavy (non-hydrogen) atoms. The summed E-state index contributed by atoms with van der Waals surface area (Å²) in [6.45, 7) is 2.65. The van der Waals surface area contributed by atoms with Crippen LogP contribution in [0, 0.1) is 12.7 Å². The summed E-state index contributed by atoms with van der Waals surface area (Å²) in [6.07, 6.45) is 0. The number of nitrogens with one attached hydrogen (secondary N) is 1. The van der Waals surface area contributed by atoms with Crippen LogP contribution in [-0.4, -0.2) is 36.0 Å². The summed E-state index contributed by atoms with van der Waals surface area (Å²) in [5, 5.41) is 2.76. The summed E-state index contributed by atoms with van der Waals surface area (Å²) in [7, 11) is 0. The molecule has 5 nitrogen and oxygen atoms in total. The number of hydrogen-bond donors (Lipinski definition) is 1. The summed E-state index contributed by atoms with van der Waals surface area (Å²) < 4.78 is 18.5. The van der Waals surface area contributed by atoms with Crippen LogP contribution in [0.2, 0.25) is 0 Å². The Hall–Kier alpha value is -2.73. The van der Waals surface area contributed by atoms with Crippen LogP contribution >= 0.6 is 0 Å². The van der Waals surface area contributed by atoms with Gasteiger partial charge in [-0.1, -0.05) is 42.0 Å². The maximum absolute atomic E-state index is 13.2. The number of carbonyl (C=O) groups excluding carboxylic acids is 2. The number of ether oxygens (including phenoxy) is 1. The van der Waals surface area contributed by atoms with Crippen LogP contribution in [0.4, 0.5) is 4.39 Å². The number of morpholine rings is 1. The maximum atomic E-state index is 13.2. The Labute approximate surface area is 151 Å². The first-order chi connectivity index (χ1) is 12.5. The molecule has 1 heterocycles. The largest absolute Gasteiger partial charge is 0.369 e. The van der Waals surface area contributed by atoms with Crippen molar-refractivity contribution in [1.82, 2.24) is 10.2 Å². The minimum absolute atomic E-state index is 0.0282. The third-order valence-corrected chi connectivity index (χ3v) is 4.33. The van der Waals surface area contributed by atoms with Gasteiger partial charge in [0.05, 0.1) is 6.61 Å². The number of aryl methyl sites for hydroxylation is 1. The van der Waals surface area contributed by atoms with E-state index < -0.39 is 6.04 Å². The molecule has 1 N–H and O–H groups in total. The fourth-order valence-electron chi connectivity index (χ4n) is 2.86. The first kappa shape index (κ1) is 18.1. The molecule has 6 heteroatoms. The number of hydrogen-bond acceptors (Lipinski definition) is 3. The molecule has 0 unspecified atom stereocenters. The average molecular weight is 356 g/mol. The molecule has 1 aliphatic heterocycles. The molecule has 136 valence electrons. The maximum Gasteiger partial charge on any atom is 0.249 e. The average Bonchev–Trinajstić information content (AvgIpc) is 2.63. The van der Waals surface area contributed by atoms with Gasteiger partial charge in [-0.2, -0.15) is 0 Å². The van der Waals surface area contributed by atoms with Gasteiger partial charge in [0.2, 0.25) is 11.8 Å². The fourth-order valence-corrected chi connectivity index (χ4v) is 2.86. The van der Waals surface area contributed by atoms with Crippen LogP contribution in [0.1, 0.15) is 16.7 Å². The molecule has 0 aliphatic carbocycles. The lowest BCUT2D eigenvalue weighted by atomic mass is 10.1. The van der Waals surface area contributed by atoms with Crippen molar-refractivity contribution in [1.29, 1.82) is 0 Å². The van der Waals surface area contributed by atoms with Gasteiger partial charge in [-0.25, -0.2) is 4.39 Å². The van der Waals surface area contributed by atoms with Gasteiger partial charge in [-0.15, -0.1) is 0 Å². The number of amides is 2. The van der Waals surface area contributed by atoms with Gasteiger partial charge in [-0.05, 0) is 30.2 Å². The molecule has 1 saturated heterocycles. The van der Waals surface area contributed by atoms with Crippen molar-refractivity contribution in [3.05, 3.63) is 71.0 Å². The molecule has 0 saturated carbocycles. The highest BCUT2D eigenvalue weighted by atomic mass is 19.1. The van der Waals surface area contributed by atoms with E-state index in [0.717, 1.165) is 11.1 Å². The zero-order chi connectivity index (χ0) is 18.5. The minimum Gasteiger partial charge on any atom is -0.369 e. The minimum atomic E-state index is -0.703. The lowest BCUT2D eigenvalue weighted by Crippen LogP contribution is -2.55. The van der Waals surface area contributed by atoms with E-state index in [1.54, 1.807) is 12.1 Å². The standard InChI is InChI=1S/C20H21FN2O3/c1-14-5-7-15(8-6-14)11-23-18(12-26-13-19(23)24)20(25)22-10-16-3-2-4-17(21)9-16/h2-9,18H,10-13H2,1H3,(H,22,25)/t18-/m0/s1. The van der Waals surface area contributed by atoms with Gasteiger partial charge in [0.25, 0.3) is 0 Å². The summed E-state index contributed by atoms with van der Waals surface area (Å²) in [4.78, 5) is 26.4. The Morgan fingerprint density at radius 2 is 2.00 bits per heavy atom. The van der Waals surface area contributed by atoms with E-state index >= 15 is 0 Å². The van der Waals surface area contributed by atoms with Crippen molar-refractivity contribution < 1.29 is 18.7 Å². The van der Waals surface area contributed by atoms with E-state index in [9.17, 15) is 14.0 Å². The van der Waals surface area contributed by atoms with Crippen LogP contribution in [-0.2, 0) is 27.4 Å². The molecule has 2 aromatic carbocycles. The highest BCUT2D eigenvalue weighted by molar-refractivity contribution is 5.89. The van der Waals surface area contributed by atoms with Crippen LogP contribution in [0.25, 0.3) is 0 Å². The molecular formula is C20H21FN2O3. The van der Waals surface area contributed by atoms with Crippen LogP contribution in [0.5, 0.6) is 0 Å². The van der Waals surface area contributed by atoms with Gasteiger partial charge < -0.3 is 15.0 Å². The molecule has 0 spiro atoms. The second-order valence-corrected chi connectivity index (χ2v) is 6.39. The van der Waals surface area contributed by atoms with E-state index in [2.05, 4.69) is 5.32 Å². The third-order valence-electron chi connectivity index (χ3n) is 4.33. The van der Waals surface area contributed by atoms with Crippen molar-refractivity contribution in [2.45, 2.75) is 26.1 Å². The SMILES string of the molecule is Cc1ccc(CN2C(=O)COC[C@H]2C(=O)NCc2cccc(F)c2)cc1. The zero-order valence-electron chi connectivity index (χ0n) is 14.6. The Kier molecular flexibility index (Phi) is 5.63. The van der Waals surface area contributed by atoms with Gasteiger partial charge in [0.15, 0.2) is 0 Å².